The molecule has 0 aromatic heterocycles. The molecule has 1 aliphatic carbocycles. The number of carboxylic acids is 2. The molecule has 8 heteroatoms. The molecule has 4 atom stereocenters. The molecule has 29 heavy (non-hydrogen) atoms. The predicted octanol–water partition coefficient (Wildman–Crippen LogP) is 1.55. The van der Waals surface area contributed by atoms with Crippen LogP contribution in [-0.2, 0) is 20.8 Å². The van der Waals surface area contributed by atoms with Gasteiger partial charge in [0.1, 0.15) is 12.6 Å². The molecule has 1 amide bonds. The standard InChI is InChI=1S/C21H24N2O5S/c24-19(25)12-23-17-8-4-5-9-18(17)29-13-16(20(23)26)22-15(21(27)28)11-10-14-6-2-1-3-7-14/h1-9,15-18,22H,10-13H2,(H,24,25)(H,27,28). The van der Waals surface area contributed by atoms with Gasteiger partial charge in [0.2, 0.25) is 5.91 Å². The van der Waals surface area contributed by atoms with Crippen molar-refractivity contribution in [1.82, 2.24) is 10.2 Å². The van der Waals surface area contributed by atoms with Crippen LogP contribution < -0.4 is 5.32 Å². The van der Waals surface area contributed by atoms with Gasteiger partial charge in [-0.3, -0.25) is 19.7 Å². The van der Waals surface area contributed by atoms with E-state index in [0.717, 1.165) is 5.56 Å². The van der Waals surface area contributed by atoms with Gasteiger partial charge in [-0.25, -0.2) is 0 Å². The largest absolute Gasteiger partial charge is 0.480 e. The fourth-order valence-corrected chi connectivity index (χ4v) is 4.85. The van der Waals surface area contributed by atoms with Crippen LogP contribution in [-0.4, -0.2) is 68.6 Å². The zero-order valence-electron chi connectivity index (χ0n) is 15.8. The normalized spacial score (nSPS) is 24.6. The van der Waals surface area contributed by atoms with Crippen molar-refractivity contribution in [3.8, 4) is 0 Å². The maximum atomic E-state index is 13.1. The Balaban J connectivity index is 1.73. The Morgan fingerprint density at radius 3 is 2.59 bits per heavy atom. The summed E-state index contributed by atoms with van der Waals surface area (Å²) in [7, 11) is 0. The van der Waals surface area contributed by atoms with Crippen LogP contribution in [0, 0.1) is 0 Å². The van der Waals surface area contributed by atoms with Crippen molar-refractivity contribution in [2.45, 2.75) is 36.2 Å². The van der Waals surface area contributed by atoms with Crippen molar-refractivity contribution in [1.29, 1.82) is 0 Å². The van der Waals surface area contributed by atoms with Crippen LogP contribution in [0.25, 0.3) is 0 Å². The van der Waals surface area contributed by atoms with Gasteiger partial charge in [-0.15, -0.1) is 11.8 Å². The monoisotopic (exact) mass is 416 g/mol. The summed E-state index contributed by atoms with van der Waals surface area (Å²) >= 11 is 1.53. The SMILES string of the molecule is O=C(O)CN1C(=O)C(NC(CCc2ccccc2)C(=O)O)CSC2C=CC=CC21. The minimum atomic E-state index is -1.09. The van der Waals surface area contributed by atoms with Gasteiger partial charge >= 0.3 is 11.9 Å². The maximum absolute atomic E-state index is 13.1. The lowest BCUT2D eigenvalue weighted by atomic mass is 10.0. The summed E-state index contributed by atoms with van der Waals surface area (Å²) in [5.74, 6) is -2.11. The van der Waals surface area contributed by atoms with Gasteiger partial charge in [-0.1, -0.05) is 54.6 Å². The van der Waals surface area contributed by atoms with Crippen molar-refractivity contribution < 1.29 is 24.6 Å². The summed E-state index contributed by atoms with van der Waals surface area (Å²) < 4.78 is 0. The van der Waals surface area contributed by atoms with Crippen LogP contribution >= 0.6 is 11.8 Å². The second-order valence-electron chi connectivity index (χ2n) is 7.05. The minimum absolute atomic E-state index is 0.0531. The summed E-state index contributed by atoms with van der Waals surface area (Å²) in [6.45, 7) is -0.418. The van der Waals surface area contributed by atoms with Crippen LogP contribution in [0.5, 0.6) is 0 Å². The van der Waals surface area contributed by atoms with Gasteiger partial charge in [-0.2, -0.15) is 0 Å². The van der Waals surface area contributed by atoms with Gasteiger partial charge in [-0.05, 0) is 18.4 Å². The van der Waals surface area contributed by atoms with Crippen LogP contribution in [0.15, 0.2) is 54.6 Å². The number of fused-ring (bicyclic) bond motifs is 1. The molecule has 2 aliphatic rings. The third-order valence-electron chi connectivity index (χ3n) is 5.02. The summed E-state index contributed by atoms with van der Waals surface area (Å²) in [4.78, 5) is 37.6. The molecular weight excluding hydrogens is 392 g/mol. The van der Waals surface area contributed by atoms with Gasteiger partial charge in [0, 0.05) is 11.0 Å². The third kappa shape index (κ3) is 5.48. The lowest BCUT2D eigenvalue weighted by molar-refractivity contribution is -0.147. The van der Waals surface area contributed by atoms with E-state index in [1.807, 2.05) is 48.6 Å². The number of allylic oxidation sites excluding steroid dienone is 2. The van der Waals surface area contributed by atoms with Crippen molar-refractivity contribution in [2.75, 3.05) is 12.3 Å². The number of aryl methyl sites for hydroxylation is 1. The fraction of sp³-hybridized carbons (Fsp3) is 0.381. The number of rotatable bonds is 8. The third-order valence-corrected chi connectivity index (χ3v) is 6.37. The number of hydrogen-bond acceptors (Lipinski definition) is 5. The Morgan fingerprint density at radius 1 is 1.17 bits per heavy atom. The topological polar surface area (TPSA) is 107 Å². The Morgan fingerprint density at radius 2 is 1.90 bits per heavy atom. The van der Waals surface area contributed by atoms with Crippen molar-refractivity contribution in [3.05, 3.63) is 60.2 Å². The van der Waals surface area contributed by atoms with E-state index in [0.29, 0.717) is 18.6 Å². The fourth-order valence-electron chi connectivity index (χ4n) is 3.56. The first-order chi connectivity index (χ1) is 14.0. The molecule has 0 bridgehead atoms. The maximum Gasteiger partial charge on any atom is 0.323 e. The van der Waals surface area contributed by atoms with Crippen molar-refractivity contribution in [2.24, 2.45) is 0 Å². The summed E-state index contributed by atoms with van der Waals surface area (Å²) in [6, 6.07) is 7.55. The first kappa shape index (κ1) is 21.1. The molecular formula is C21H24N2O5S. The van der Waals surface area contributed by atoms with E-state index in [1.165, 1.54) is 16.7 Å². The second kappa shape index (κ2) is 9.76. The smallest absolute Gasteiger partial charge is 0.323 e. The summed E-state index contributed by atoms with van der Waals surface area (Å²) in [6.07, 6.45) is 8.35. The summed E-state index contributed by atoms with van der Waals surface area (Å²) in [5, 5.41) is 21.8. The average Bonchev–Trinajstić information content (AvgIpc) is 2.83. The van der Waals surface area contributed by atoms with Crippen molar-refractivity contribution >= 4 is 29.6 Å². The van der Waals surface area contributed by atoms with E-state index >= 15 is 0 Å². The van der Waals surface area contributed by atoms with Crippen LogP contribution in [0.1, 0.15) is 12.0 Å². The zero-order valence-corrected chi connectivity index (χ0v) is 16.6. The minimum Gasteiger partial charge on any atom is -0.480 e. The first-order valence-corrected chi connectivity index (χ1v) is 10.5. The molecule has 0 radical (unpaired) electrons. The second-order valence-corrected chi connectivity index (χ2v) is 8.26. The first-order valence-electron chi connectivity index (χ1n) is 9.47. The summed E-state index contributed by atoms with van der Waals surface area (Å²) in [5.41, 5.74) is 1.02. The Labute approximate surface area is 173 Å². The molecule has 1 aromatic carbocycles. The number of aliphatic carboxylic acids is 2. The number of carbonyl (C=O) groups is 3. The number of carbonyl (C=O) groups excluding carboxylic acids is 1. The molecule has 1 aliphatic heterocycles. The number of benzene rings is 1. The average molecular weight is 416 g/mol. The molecule has 1 heterocycles. The molecule has 3 rings (SSSR count). The lowest BCUT2D eigenvalue weighted by Crippen LogP contribution is -2.55. The number of carboxylic acid groups (broad SMARTS) is 2. The number of nitrogens with zero attached hydrogens (tertiary/aromatic N) is 1. The van der Waals surface area contributed by atoms with Crippen LogP contribution in [0.3, 0.4) is 0 Å². The number of amides is 1. The highest BCUT2D eigenvalue weighted by atomic mass is 32.2. The molecule has 154 valence electrons. The molecule has 4 unspecified atom stereocenters. The van der Waals surface area contributed by atoms with Gasteiger partial charge < -0.3 is 15.1 Å². The van der Waals surface area contributed by atoms with E-state index in [9.17, 15) is 24.6 Å². The van der Waals surface area contributed by atoms with E-state index in [2.05, 4.69) is 5.32 Å². The number of thioether (sulfide) groups is 1. The van der Waals surface area contributed by atoms with Gasteiger partial charge in [0.05, 0.1) is 12.1 Å². The van der Waals surface area contributed by atoms with E-state index in [1.54, 1.807) is 6.08 Å². The predicted molar refractivity (Wildman–Crippen MR) is 111 cm³/mol. The van der Waals surface area contributed by atoms with Crippen LogP contribution in [0.4, 0.5) is 0 Å². The number of nitrogens with one attached hydrogen (secondary N) is 1. The Kier molecular flexibility index (Phi) is 7.11. The molecule has 1 fully saturated rings. The lowest BCUT2D eigenvalue weighted by Gasteiger charge is -2.32. The molecule has 3 N–H and O–H groups in total. The quantitative estimate of drug-likeness (QED) is 0.590. The highest BCUT2D eigenvalue weighted by molar-refractivity contribution is 8.00. The van der Waals surface area contributed by atoms with Crippen LogP contribution in [0.2, 0.25) is 0 Å². The Hall–Kier alpha value is -2.58. The van der Waals surface area contributed by atoms with Crippen molar-refractivity contribution in [3.63, 3.8) is 0 Å². The molecule has 1 saturated heterocycles. The molecule has 0 spiro atoms. The molecule has 1 aromatic rings. The molecule has 0 saturated carbocycles. The highest BCUT2D eigenvalue weighted by Gasteiger charge is 2.39. The van der Waals surface area contributed by atoms with E-state index < -0.39 is 30.6 Å². The van der Waals surface area contributed by atoms with E-state index in [4.69, 9.17) is 0 Å². The highest BCUT2D eigenvalue weighted by Crippen LogP contribution is 2.29. The van der Waals surface area contributed by atoms with Gasteiger partial charge in [0.25, 0.3) is 0 Å². The van der Waals surface area contributed by atoms with Gasteiger partial charge in [0.15, 0.2) is 0 Å². The zero-order chi connectivity index (χ0) is 20.8. The molecule has 7 nitrogen and oxygen atoms in total. The number of hydrogen-bond donors (Lipinski definition) is 3. The van der Waals surface area contributed by atoms with E-state index in [-0.39, 0.29) is 17.2 Å². The Bertz CT molecular complexity index is 811.